The van der Waals surface area contributed by atoms with Gasteiger partial charge < -0.3 is 25.6 Å². The van der Waals surface area contributed by atoms with Crippen molar-refractivity contribution >= 4 is 24.6 Å². The van der Waals surface area contributed by atoms with Gasteiger partial charge >= 0.3 is 7.12 Å². The third-order valence-corrected chi connectivity index (χ3v) is 4.34. The molecule has 0 aliphatic carbocycles. The summed E-state index contributed by atoms with van der Waals surface area (Å²) in [5.74, 6) is -1.71. The van der Waals surface area contributed by atoms with Crippen LogP contribution in [0, 0.1) is 11.7 Å². The Hall–Kier alpha value is -2.13. The van der Waals surface area contributed by atoms with Crippen molar-refractivity contribution in [2.75, 3.05) is 18.0 Å². The number of hydrogen-bond acceptors (Lipinski definition) is 5. The van der Waals surface area contributed by atoms with Gasteiger partial charge in [-0.2, -0.15) is 0 Å². The molecule has 1 saturated heterocycles. The second-order valence-corrected chi connectivity index (χ2v) is 6.91. The molecule has 1 aromatic rings. The molecule has 0 saturated carbocycles. The summed E-state index contributed by atoms with van der Waals surface area (Å²) in [6.07, 6.45) is 1.06. The van der Waals surface area contributed by atoms with E-state index >= 15 is 0 Å². The molecule has 2 atom stereocenters. The zero-order chi connectivity index (χ0) is 19.3. The van der Waals surface area contributed by atoms with Crippen molar-refractivity contribution in [3.8, 4) is 0 Å². The van der Waals surface area contributed by atoms with Crippen LogP contribution in [0.1, 0.15) is 26.7 Å². The van der Waals surface area contributed by atoms with Gasteiger partial charge in [0.2, 0.25) is 11.8 Å². The summed E-state index contributed by atoms with van der Waals surface area (Å²) in [5.41, 5.74) is 0.752. The average molecular weight is 365 g/mol. The van der Waals surface area contributed by atoms with Crippen molar-refractivity contribution < 1.29 is 24.0 Å². The Labute approximate surface area is 152 Å². The first-order valence-corrected chi connectivity index (χ1v) is 8.73. The molecule has 1 heterocycles. The highest BCUT2D eigenvalue weighted by molar-refractivity contribution is 6.43. The second-order valence-electron chi connectivity index (χ2n) is 6.91. The molecule has 1 aliphatic rings. The molecule has 9 heteroatoms. The Bertz CT molecular complexity index is 627. The van der Waals surface area contributed by atoms with Gasteiger partial charge in [0.05, 0.1) is 12.5 Å². The monoisotopic (exact) mass is 365 g/mol. The fourth-order valence-corrected chi connectivity index (χ4v) is 2.91. The fourth-order valence-electron chi connectivity index (χ4n) is 2.91. The van der Waals surface area contributed by atoms with Crippen molar-refractivity contribution in [3.05, 3.63) is 30.1 Å². The highest BCUT2D eigenvalue weighted by atomic mass is 19.1. The molecule has 26 heavy (non-hydrogen) atoms. The van der Waals surface area contributed by atoms with Crippen molar-refractivity contribution in [1.82, 2.24) is 10.6 Å². The minimum Gasteiger partial charge on any atom is -0.426 e. The van der Waals surface area contributed by atoms with Crippen LogP contribution in [0.2, 0.25) is 0 Å². The number of hydrogen-bond donors (Lipinski definition) is 4. The summed E-state index contributed by atoms with van der Waals surface area (Å²) in [4.78, 5) is 26.1. The Kier molecular flexibility index (Phi) is 6.99. The Morgan fingerprint density at radius 2 is 1.96 bits per heavy atom. The Morgan fingerprint density at radius 3 is 2.46 bits per heavy atom. The zero-order valence-corrected chi connectivity index (χ0v) is 15.0. The fraction of sp³-hybridized carbons (Fsp3) is 0.529. The third-order valence-electron chi connectivity index (χ3n) is 4.34. The van der Waals surface area contributed by atoms with E-state index in [1.807, 2.05) is 18.7 Å². The number of carbonyl (C=O) groups excluding carboxylic acids is 2. The molecule has 1 aliphatic heterocycles. The van der Waals surface area contributed by atoms with Crippen LogP contribution in [0.15, 0.2) is 24.3 Å². The van der Waals surface area contributed by atoms with E-state index in [1.165, 1.54) is 12.1 Å². The molecule has 0 bridgehead atoms. The van der Waals surface area contributed by atoms with E-state index in [4.69, 9.17) is 0 Å². The van der Waals surface area contributed by atoms with E-state index in [9.17, 15) is 24.0 Å². The predicted molar refractivity (Wildman–Crippen MR) is 96.7 cm³/mol. The molecule has 1 fully saturated rings. The molecule has 2 amide bonds. The van der Waals surface area contributed by atoms with Crippen LogP contribution in [0.3, 0.4) is 0 Å². The maximum absolute atomic E-state index is 13.0. The lowest BCUT2D eigenvalue weighted by Crippen LogP contribution is -2.58. The first-order chi connectivity index (χ1) is 12.3. The van der Waals surface area contributed by atoms with Crippen molar-refractivity contribution in [2.24, 2.45) is 5.92 Å². The molecular weight excluding hydrogens is 340 g/mol. The maximum atomic E-state index is 13.0. The van der Waals surface area contributed by atoms with Gasteiger partial charge in [-0.1, -0.05) is 13.8 Å². The van der Waals surface area contributed by atoms with Gasteiger partial charge in [0, 0.05) is 12.2 Å². The van der Waals surface area contributed by atoms with Gasteiger partial charge in [0.1, 0.15) is 11.9 Å². The lowest BCUT2D eigenvalue weighted by atomic mass is 9.75. The summed E-state index contributed by atoms with van der Waals surface area (Å²) in [6.45, 7) is 4.25. The topological polar surface area (TPSA) is 102 Å². The molecule has 1 aromatic carbocycles. The first-order valence-electron chi connectivity index (χ1n) is 8.73. The number of benzene rings is 1. The molecule has 0 radical (unpaired) electrons. The van der Waals surface area contributed by atoms with Crippen LogP contribution in [0.4, 0.5) is 10.1 Å². The van der Waals surface area contributed by atoms with Crippen LogP contribution in [0.25, 0.3) is 0 Å². The van der Waals surface area contributed by atoms with E-state index in [-0.39, 0.29) is 24.2 Å². The van der Waals surface area contributed by atoms with E-state index in [1.54, 1.807) is 12.1 Å². The second kappa shape index (κ2) is 9.00. The van der Waals surface area contributed by atoms with Crippen LogP contribution >= 0.6 is 0 Å². The summed E-state index contributed by atoms with van der Waals surface area (Å²) in [6, 6.07) is 5.50. The van der Waals surface area contributed by atoms with Crippen LogP contribution < -0.4 is 15.5 Å². The average Bonchev–Trinajstić information content (AvgIpc) is 2.53. The van der Waals surface area contributed by atoms with Crippen molar-refractivity contribution in [3.63, 3.8) is 0 Å². The van der Waals surface area contributed by atoms with Crippen LogP contribution in [-0.2, 0) is 9.59 Å². The lowest BCUT2D eigenvalue weighted by molar-refractivity contribution is -0.127. The molecule has 1 unspecified atom stereocenters. The van der Waals surface area contributed by atoms with Gasteiger partial charge in [-0.15, -0.1) is 0 Å². The van der Waals surface area contributed by atoms with E-state index in [2.05, 4.69) is 10.6 Å². The highest BCUT2D eigenvalue weighted by Gasteiger charge is 2.34. The minimum absolute atomic E-state index is 0.177. The zero-order valence-electron chi connectivity index (χ0n) is 15.0. The molecule has 0 aromatic heterocycles. The quantitative estimate of drug-likeness (QED) is 0.488. The summed E-state index contributed by atoms with van der Waals surface area (Å²) in [7, 11) is -1.65. The number of halogens is 1. The Morgan fingerprint density at radius 1 is 1.31 bits per heavy atom. The third kappa shape index (κ3) is 5.44. The molecule has 7 nitrogen and oxygen atoms in total. The minimum atomic E-state index is -1.65. The predicted octanol–water partition coefficient (Wildman–Crippen LogP) is 0.0635. The van der Waals surface area contributed by atoms with Crippen molar-refractivity contribution in [2.45, 2.75) is 38.7 Å². The summed E-state index contributed by atoms with van der Waals surface area (Å²) < 4.78 is 13.0. The SMILES string of the molecule is CC(C)CC(NC(=O)CNC(=O)[C@@H]1CCN1c1ccc(F)cc1)B(O)O. The maximum Gasteiger partial charge on any atom is 0.475 e. The normalized spacial score (nSPS) is 17.5. The molecule has 142 valence electrons. The lowest BCUT2D eigenvalue weighted by Gasteiger charge is -2.41. The standard InChI is InChI=1S/C17H25BFN3O4/c1-11(2)9-15(18(25)26)21-16(23)10-20-17(24)14-7-8-22(14)13-5-3-12(19)4-6-13/h3-6,11,14-15,25-26H,7-10H2,1-2H3,(H,20,24)(H,21,23)/t14-,15?/m0/s1. The molecular formula is C17H25BFN3O4. The van der Waals surface area contributed by atoms with Crippen LogP contribution in [-0.4, -0.2) is 54.1 Å². The number of carbonyl (C=O) groups is 2. The Balaban J connectivity index is 1.82. The van der Waals surface area contributed by atoms with Crippen molar-refractivity contribution in [1.29, 1.82) is 0 Å². The largest absolute Gasteiger partial charge is 0.475 e. The van der Waals surface area contributed by atoms with Gasteiger partial charge in [0.15, 0.2) is 0 Å². The van der Waals surface area contributed by atoms with Gasteiger partial charge in [-0.05, 0) is 43.0 Å². The van der Waals surface area contributed by atoms with Gasteiger partial charge in [-0.25, -0.2) is 4.39 Å². The molecule has 0 spiro atoms. The summed E-state index contributed by atoms with van der Waals surface area (Å²) in [5, 5.41) is 23.7. The molecule has 2 rings (SSSR count). The number of nitrogens with one attached hydrogen (secondary N) is 2. The first kappa shape index (κ1) is 20.2. The molecule has 4 N–H and O–H groups in total. The number of nitrogens with zero attached hydrogens (tertiary/aromatic N) is 1. The van der Waals surface area contributed by atoms with E-state index < -0.39 is 25.0 Å². The number of anilines is 1. The highest BCUT2D eigenvalue weighted by Crippen LogP contribution is 2.26. The summed E-state index contributed by atoms with van der Waals surface area (Å²) >= 11 is 0. The number of rotatable bonds is 8. The van der Waals surface area contributed by atoms with Gasteiger partial charge in [0.25, 0.3) is 0 Å². The van der Waals surface area contributed by atoms with E-state index in [0.29, 0.717) is 19.4 Å². The van der Waals surface area contributed by atoms with Crippen LogP contribution in [0.5, 0.6) is 0 Å². The number of amides is 2. The smallest absolute Gasteiger partial charge is 0.426 e. The van der Waals surface area contributed by atoms with E-state index in [0.717, 1.165) is 5.69 Å². The van der Waals surface area contributed by atoms with Gasteiger partial charge in [-0.3, -0.25) is 9.59 Å².